The van der Waals surface area contributed by atoms with Gasteiger partial charge in [-0.25, -0.2) is 9.59 Å². The minimum absolute atomic E-state index is 0.0944. The van der Waals surface area contributed by atoms with Crippen LogP contribution in [0.3, 0.4) is 0 Å². The van der Waals surface area contributed by atoms with Crippen molar-refractivity contribution in [2.24, 2.45) is 5.92 Å². The summed E-state index contributed by atoms with van der Waals surface area (Å²) in [4.78, 5) is 48.2. The summed E-state index contributed by atoms with van der Waals surface area (Å²) in [6.45, 7) is 5.57. The molecule has 9 heteroatoms. The van der Waals surface area contributed by atoms with E-state index in [9.17, 15) is 19.2 Å². The van der Waals surface area contributed by atoms with Crippen LogP contribution in [0.25, 0.3) is 0 Å². The third kappa shape index (κ3) is 7.56. The minimum atomic E-state index is -1.09. The molecule has 1 saturated heterocycles. The maximum absolute atomic E-state index is 12.5. The van der Waals surface area contributed by atoms with Crippen LogP contribution in [0, 0.1) is 18.3 Å². The zero-order valence-corrected chi connectivity index (χ0v) is 16.1. The van der Waals surface area contributed by atoms with Crippen molar-refractivity contribution in [1.29, 1.82) is 0 Å². The Morgan fingerprint density at radius 3 is 2.44 bits per heavy atom. The predicted molar refractivity (Wildman–Crippen MR) is 96.3 cm³/mol. The standard InChI is InChI=1S/C18H27N3O6/c1-6-7-12(21-17(25)27-18(2,3)4)15(23)20-13(16(24)26-5)10-11-8-9-19-14(11)22/h1,11-13H,7-10H2,2-5H3,(H,19,22)(H,20,23)(H,21,25). The van der Waals surface area contributed by atoms with Crippen molar-refractivity contribution in [2.45, 2.75) is 57.7 Å². The van der Waals surface area contributed by atoms with Crippen LogP contribution in [0.5, 0.6) is 0 Å². The van der Waals surface area contributed by atoms with Crippen molar-refractivity contribution in [3.05, 3.63) is 0 Å². The third-order valence-electron chi connectivity index (χ3n) is 3.81. The van der Waals surface area contributed by atoms with Crippen molar-refractivity contribution in [1.82, 2.24) is 16.0 Å². The molecular weight excluding hydrogens is 354 g/mol. The zero-order chi connectivity index (χ0) is 20.6. The largest absolute Gasteiger partial charge is 0.467 e. The molecule has 0 spiro atoms. The van der Waals surface area contributed by atoms with Gasteiger partial charge in [0.25, 0.3) is 0 Å². The van der Waals surface area contributed by atoms with Crippen LogP contribution in [-0.4, -0.2) is 55.2 Å². The molecule has 0 aliphatic carbocycles. The Hall–Kier alpha value is -2.76. The Labute approximate surface area is 158 Å². The van der Waals surface area contributed by atoms with Crippen molar-refractivity contribution < 1.29 is 28.7 Å². The Bertz CT molecular complexity index is 620. The Morgan fingerprint density at radius 1 is 1.30 bits per heavy atom. The predicted octanol–water partition coefficient (Wildman–Crippen LogP) is 0.0870. The molecule has 0 radical (unpaired) electrons. The number of ether oxygens (including phenoxy) is 2. The van der Waals surface area contributed by atoms with Gasteiger partial charge >= 0.3 is 12.1 Å². The molecule has 1 heterocycles. The number of rotatable bonds is 7. The zero-order valence-electron chi connectivity index (χ0n) is 16.1. The van der Waals surface area contributed by atoms with Crippen molar-refractivity contribution in [2.75, 3.05) is 13.7 Å². The van der Waals surface area contributed by atoms with Crippen molar-refractivity contribution >= 4 is 23.9 Å². The molecule has 3 N–H and O–H groups in total. The van der Waals surface area contributed by atoms with Gasteiger partial charge in [-0.2, -0.15) is 0 Å². The van der Waals surface area contributed by atoms with Gasteiger partial charge in [0.15, 0.2) is 0 Å². The third-order valence-corrected chi connectivity index (χ3v) is 3.81. The highest BCUT2D eigenvalue weighted by Crippen LogP contribution is 2.17. The van der Waals surface area contributed by atoms with Gasteiger partial charge in [-0.3, -0.25) is 9.59 Å². The molecule has 27 heavy (non-hydrogen) atoms. The first-order valence-corrected chi connectivity index (χ1v) is 8.66. The number of terminal acetylenes is 1. The summed E-state index contributed by atoms with van der Waals surface area (Å²) >= 11 is 0. The molecule has 0 aromatic rings. The number of nitrogens with one attached hydrogen (secondary N) is 3. The second-order valence-corrected chi connectivity index (χ2v) is 7.20. The molecule has 3 atom stereocenters. The lowest BCUT2D eigenvalue weighted by Gasteiger charge is -2.24. The highest BCUT2D eigenvalue weighted by atomic mass is 16.6. The summed E-state index contributed by atoms with van der Waals surface area (Å²) < 4.78 is 9.82. The summed E-state index contributed by atoms with van der Waals surface area (Å²) in [6, 6.07) is -2.12. The number of carbonyl (C=O) groups excluding carboxylic acids is 4. The summed E-state index contributed by atoms with van der Waals surface area (Å²) in [6.07, 6.45) is 5.03. The van der Waals surface area contributed by atoms with Gasteiger partial charge in [0.2, 0.25) is 11.8 Å². The maximum atomic E-state index is 12.5. The second kappa shape index (κ2) is 9.80. The normalized spacial score (nSPS) is 18.5. The lowest BCUT2D eigenvalue weighted by atomic mass is 9.98. The van der Waals surface area contributed by atoms with Gasteiger partial charge in [-0.05, 0) is 33.6 Å². The second-order valence-electron chi connectivity index (χ2n) is 7.20. The number of hydrogen-bond acceptors (Lipinski definition) is 6. The first-order chi connectivity index (χ1) is 12.6. The molecule has 3 unspecified atom stereocenters. The molecule has 9 nitrogen and oxygen atoms in total. The van der Waals surface area contributed by atoms with E-state index in [2.05, 4.69) is 21.9 Å². The van der Waals surface area contributed by atoms with Gasteiger partial charge in [0, 0.05) is 18.9 Å². The molecule has 3 amide bonds. The molecule has 0 saturated carbocycles. The SMILES string of the molecule is C#CCC(NC(=O)OC(C)(C)C)C(=O)NC(CC1CCNC1=O)C(=O)OC. The van der Waals surface area contributed by atoms with Crippen LogP contribution in [-0.2, 0) is 23.9 Å². The Morgan fingerprint density at radius 2 is 1.96 bits per heavy atom. The molecule has 0 aromatic carbocycles. The van der Waals surface area contributed by atoms with Gasteiger partial charge in [-0.1, -0.05) is 0 Å². The average molecular weight is 381 g/mol. The monoisotopic (exact) mass is 381 g/mol. The summed E-state index contributed by atoms with van der Waals surface area (Å²) in [5.74, 6) is 0.383. The highest BCUT2D eigenvalue weighted by Gasteiger charge is 2.33. The van der Waals surface area contributed by atoms with Crippen molar-refractivity contribution in [3.63, 3.8) is 0 Å². The molecule has 1 rings (SSSR count). The molecule has 1 aliphatic rings. The quantitative estimate of drug-likeness (QED) is 0.424. The van der Waals surface area contributed by atoms with Gasteiger partial charge in [0.05, 0.1) is 7.11 Å². The van der Waals surface area contributed by atoms with Crippen LogP contribution in [0.1, 0.15) is 40.0 Å². The molecule has 1 fully saturated rings. The van der Waals surface area contributed by atoms with Crippen LogP contribution >= 0.6 is 0 Å². The topological polar surface area (TPSA) is 123 Å². The van der Waals surface area contributed by atoms with E-state index in [4.69, 9.17) is 15.9 Å². The average Bonchev–Trinajstić information content (AvgIpc) is 2.96. The first kappa shape index (κ1) is 22.3. The number of amides is 3. The Balaban J connectivity index is 2.79. The van der Waals surface area contributed by atoms with E-state index < -0.39 is 41.6 Å². The Kier molecular flexibility index (Phi) is 8.09. The van der Waals surface area contributed by atoms with Crippen LogP contribution in [0.2, 0.25) is 0 Å². The van der Waals surface area contributed by atoms with Crippen LogP contribution in [0.15, 0.2) is 0 Å². The van der Waals surface area contributed by atoms with E-state index in [1.807, 2.05) is 0 Å². The highest BCUT2D eigenvalue weighted by molar-refractivity contribution is 5.90. The van der Waals surface area contributed by atoms with Gasteiger partial charge in [0.1, 0.15) is 17.7 Å². The van der Waals surface area contributed by atoms with E-state index in [1.165, 1.54) is 7.11 Å². The van der Waals surface area contributed by atoms with E-state index in [1.54, 1.807) is 20.8 Å². The van der Waals surface area contributed by atoms with E-state index >= 15 is 0 Å². The number of esters is 1. The maximum Gasteiger partial charge on any atom is 0.408 e. The number of hydrogen-bond donors (Lipinski definition) is 3. The first-order valence-electron chi connectivity index (χ1n) is 8.66. The summed E-state index contributed by atoms with van der Waals surface area (Å²) in [7, 11) is 1.19. The van der Waals surface area contributed by atoms with Gasteiger partial charge in [-0.15, -0.1) is 12.3 Å². The fourth-order valence-corrected chi connectivity index (χ4v) is 2.56. The molecule has 150 valence electrons. The fourth-order valence-electron chi connectivity index (χ4n) is 2.56. The van der Waals surface area contributed by atoms with Crippen LogP contribution in [0.4, 0.5) is 4.79 Å². The molecule has 0 bridgehead atoms. The van der Waals surface area contributed by atoms with Crippen LogP contribution < -0.4 is 16.0 Å². The lowest BCUT2D eigenvalue weighted by Crippen LogP contribution is -2.53. The number of alkyl carbamates (subject to hydrolysis) is 1. The molecular formula is C18H27N3O6. The van der Waals surface area contributed by atoms with Gasteiger partial charge < -0.3 is 25.4 Å². The minimum Gasteiger partial charge on any atom is -0.467 e. The number of methoxy groups -OCH3 is 1. The molecule has 1 aliphatic heterocycles. The van der Waals surface area contributed by atoms with E-state index in [-0.39, 0.29) is 18.7 Å². The smallest absolute Gasteiger partial charge is 0.408 e. The lowest BCUT2D eigenvalue weighted by molar-refractivity contribution is -0.146. The molecule has 0 aromatic heterocycles. The fraction of sp³-hybridized carbons (Fsp3) is 0.667. The summed E-state index contributed by atoms with van der Waals surface area (Å²) in [5.41, 5.74) is -0.744. The van der Waals surface area contributed by atoms with E-state index in [0.29, 0.717) is 13.0 Å². The summed E-state index contributed by atoms with van der Waals surface area (Å²) in [5, 5.41) is 7.57. The number of carbonyl (C=O) groups is 4. The van der Waals surface area contributed by atoms with E-state index in [0.717, 1.165) is 0 Å². The van der Waals surface area contributed by atoms with Crippen molar-refractivity contribution in [3.8, 4) is 12.3 Å².